The summed E-state index contributed by atoms with van der Waals surface area (Å²) in [4.78, 5) is 47.9. The number of thioether (sulfide) groups is 1. The quantitative estimate of drug-likeness (QED) is 0.141. The zero-order chi connectivity index (χ0) is 25.1. The summed E-state index contributed by atoms with van der Waals surface area (Å²) in [5.74, 6) is -2.47. The van der Waals surface area contributed by atoms with Crippen LogP contribution in [0.2, 0.25) is 0 Å². The minimum Gasteiger partial charge on any atom is -0.543 e. The molecule has 0 aliphatic carbocycles. The molecule has 1 unspecified atom stereocenters. The highest BCUT2D eigenvalue weighted by Crippen LogP contribution is 2.40. The molecule has 1 saturated heterocycles. The van der Waals surface area contributed by atoms with Crippen molar-refractivity contribution >= 4 is 51.9 Å². The summed E-state index contributed by atoms with van der Waals surface area (Å²) in [6, 6.07) is 2.71. The SMILES string of the molecule is CCON=C(C(=O)NC1C(=O)N2C(C(=O)[O-])=C(C[n+]3ccc(CN)cc3)CS[C@@H]12)c1nsc(N)n1. The van der Waals surface area contributed by atoms with Gasteiger partial charge in [-0.05, 0) is 12.5 Å². The molecule has 2 aromatic rings. The number of carbonyl (C=O) groups is 3. The number of β-lactam (4-membered cyclic amide) rings is 1. The number of nitrogens with zero attached hydrogens (tertiary/aromatic N) is 5. The van der Waals surface area contributed by atoms with Crippen molar-refractivity contribution in [3.63, 3.8) is 0 Å². The van der Waals surface area contributed by atoms with Gasteiger partial charge in [0.15, 0.2) is 24.1 Å². The number of carboxylic acid groups (broad SMARTS) is 1. The number of fused-ring (bicyclic) bond motifs is 1. The molecule has 4 rings (SSSR count). The molecule has 0 bridgehead atoms. The van der Waals surface area contributed by atoms with Gasteiger partial charge in [-0.3, -0.25) is 14.5 Å². The number of anilines is 1. The molecule has 184 valence electrons. The Morgan fingerprint density at radius 2 is 2.14 bits per heavy atom. The van der Waals surface area contributed by atoms with Gasteiger partial charge in [0.25, 0.3) is 11.8 Å². The smallest absolute Gasteiger partial charge is 0.278 e. The van der Waals surface area contributed by atoms with Crippen LogP contribution in [0, 0.1) is 0 Å². The molecule has 2 aliphatic rings. The third kappa shape index (κ3) is 4.96. The Balaban J connectivity index is 1.52. The molecule has 13 nitrogen and oxygen atoms in total. The molecule has 2 aliphatic heterocycles. The first-order valence-electron chi connectivity index (χ1n) is 10.5. The summed E-state index contributed by atoms with van der Waals surface area (Å²) < 4.78 is 5.76. The lowest BCUT2D eigenvalue weighted by Gasteiger charge is -2.50. The molecule has 15 heteroatoms. The van der Waals surface area contributed by atoms with Gasteiger partial charge < -0.3 is 31.5 Å². The zero-order valence-corrected chi connectivity index (χ0v) is 20.2. The van der Waals surface area contributed by atoms with Crippen LogP contribution in [0.3, 0.4) is 0 Å². The second-order valence-electron chi connectivity index (χ2n) is 7.50. The minimum atomic E-state index is -1.46. The van der Waals surface area contributed by atoms with Crippen molar-refractivity contribution in [1.29, 1.82) is 0 Å². The lowest BCUT2D eigenvalue weighted by atomic mass is 10.0. The molecule has 2 aromatic heterocycles. The third-order valence-corrected chi connectivity index (χ3v) is 7.13. The largest absolute Gasteiger partial charge is 0.543 e. The predicted molar refractivity (Wildman–Crippen MR) is 124 cm³/mol. The van der Waals surface area contributed by atoms with E-state index in [1.165, 1.54) is 11.8 Å². The average Bonchev–Trinajstić information content (AvgIpc) is 3.28. The average molecular weight is 519 g/mol. The molecule has 2 amide bonds. The van der Waals surface area contributed by atoms with Crippen LogP contribution in [0.15, 0.2) is 41.0 Å². The van der Waals surface area contributed by atoms with E-state index in [9.17, 15) is 19.5 Å². The van der Waals surface area contributed by atoms with Crippen molar-refractivity contribution in [2.45, 2.75) is 31.4 Å². The van der Waals surface area contributed by atoms with Crippen LogP contribution in [-0.4, -0.2) is 61.5 Å². The van der Waals surface area contributed by atoms with Gasteiger partial charge in [-0.1, -0.05) is 5.16 Å². The van der Waals surface area contributed by atoms with Crippen molar-refractivity contribution < 1.29 is 28.9 Å². The maximum absolute atomic E-state index is 12.9. The van der Waals surface area contributed by atoms with Gasteiger partial charge >= 0.3 is 0 Å². The predicted octanol–water partition coefficient (Wildman–Crippen LogP) is -2.29. The second kappa shape index (κ2) is 10.4. The van der Waals surface area contributed by atoms with Crippen molar-refractivity contribution in [2.75, 3.05) is 18.1 Å². The van der Waals surface area contributed by atoms with Crippen LogP contribution < -0.4 is 26.5 Å². The second-order valence-corrected chi connectivity index (χ2v) is 9.39. The van der Waals surface area contributed by atoms with E-state index in [0.717, 1.165) is 22.0 Å². The number of nitrogens with one attached hydrogen (secondary N) is 1. The molecule has 1 fully saturated rings. The number of carbonyl (C=O) groups excluding carboxylic acids is 3. The van der Waals surface area contributed by atoms with Gasteiger partial charge in [0.05, 0.1) is 11.7 Å². The monoisotopic (exact) mass is 518 g/mol. The summed E-state index contributed by atoms with van der Waals surface area (Å²) in [6.45, 7) is 2.53. The zero-order valence-electron chi connectivity index (χ0n) is 18.5. The van der Waals surface area contributed by atoms with Gasteiger partial charge in [0.1, 0.15) is 18.0 Å². The number of hydrogen-bond acceptors (Lipinski definition) is 12. The number of oxime groups is 1. The standard InChI is InChI=1S/C20H22N8O5S2/c1-2-33-25-12(15-24-20(22)35-26-15)16(29)23-13-17(30)28-14(19(31)32)11(9-34-18(13)28)8-27-5-3-10(7-21)4-6-27/h3-6,13,18H,2,7-9,21H2,1H3,(H3-,22,23,24,26,29,31,32)/t13?,18-/m0/s1. The normalized spacial score (nSPS) is 19.8. The summed E-state index contributed by atoms with van der Waals surface area (Å²) in [5, 5.41) is 17.8. The fourth-order valence-electron chi connectivity index (χ4n) is 3.60. The Labute approximate surface area is 208 Å². The van der Waals surface area contributed by atoms with Crippen molar-refractivity contribution in [1.82, 2.24) is 19.6 Å². The lowest BCUT2D eigenvalue weighted by molar-refractivity contribution is -0.689. The molecule has 2 atom stereocenters. The van der Waals surface area contributed by atoms with E-state index in [-0.39, 0.29) is 35.5 Å². The highest BCUT2D eigenvalue weighted by atomic mass is 32.2. The molecule has 0 aromatic carbocycles. The van der Waals surface area contributed by atoms with Crippen molar-refractivity contribution in [3.05, 3.63) is 47.2 Å². The molecule has 0 spiro atoms. The number of aromatic nitrogens is 3. The first kappa shape index (κ1) is 24.6. The first-order valence-corrected chi connectivity index (χ1v) is 12.3. The molecular formula is C20H22N8O5S2. The molecule has 5 N–H and O–H groups in total. The van der Waals surface area contributed by atoms with Crippen LogP contribution in [0.1, 0.15) is 18.3 Å². The Bertz CT molecular complexity index is 1210. The van der Waals surface area contributed by atoms with Crippen LogP contribution in [0.25, 0.3) is 0 Å². The van der Waals surface area contributed by atoms with E-state index >= 15 is 0 Å². The number of pyridine rings is 1. The fraction of sp³-hybridized carbons (Fsp3) is 0.350. The Kier molecular flexibility index (Phi) is 7.28. The number of amides is 2. The molecule has 35 heavy (non-hydrogen) atoms. The van der Waals surface area contributed by atoms with Crippen LogP contribution >= 0.6 is 23.3 Å². The maximum Gasteiger partial charge on any atom is 0.278 e. The summed E-state index contributed by atoms with van der Waals surface area (Å²) in [7, 11) is 0. The van der Waals surface area contributed by atoms with Gasteiger partial charge in [0, 0.05) is 41.5 Å². The highest BCUT2D eigenvalue weighted by molar-refractivity contribution is 8.00. The van der Waals surface area contributed by atoms with E-state index in [0.29, 0.717) is 17.9 Å². The van der Waals surface area contributed by atoms with Crippen molar-refractivity contribution in [3.8, 4) is 0 Å². The minimum absolute atomic E-state index is 0.0336. The maximum atomic E-state index is 12.9. The number of hydrogen-bond donors (Lipinski definition) is 3. The summed E-state index contributed by atoms with van der Waals surface area (Å²) >= 11 is 2.22. The van der Waals surface area contributed by atoms with Crippen LogP contribution in [0.4, 0.5) is 5.13 Å². The number of rotatable bonds is 9. The van der Waals surface area contributed by atoms with E-state index in [2.05, 4.69) is 19.8 Å². The molecular weight excluding hydrogens is 496 g/mol. The van der Waals surface area contributed by atoms with Gasteiger partial charge in [0.2, 0.25) is 11.5 Å². The Morgan fingerprint density at radius 3 is 2.74 bits per heavy atom. The fourth-order valence-corrected chi connectivity index (χ4v) is 5.37. The molecule has 4 heterocycles. The molecule has 0 saturated carbocycles. The Morgan fingerprint density at radius 1 is 1.40 bits per heavy atom. The number of nitrogens with two attached hydrogens (primary N) is 2. The number of carboxylic acids is 1. The van der Waals surface area contributed by atoms with E-state index in [4.69, 9.17) is 16.3 Å². The van der Waals surface area contributed by atoms with E-state index in [1.54, 1.807) is 23.9 Å². The van der Waals surface area contributed by atoms with Gasteiger partial charge in [-0.25, -0.2) is 4.57 Å². The first-order chi connectivity index (χ1) is 16.8. The van der Waals surface area contributed by atoms with Crippen molar-refractivity contribution in [2.24, 2.45) is 10.9 Å². The number of nitrogen functional groups attached to an aromatic ring is 1. The van der Waals surface area contributed by atoms with Gasteiger partial charge in [-0.15, -0.1) is 11.8 Å². The van der Waals surface area contributed by atoms with Gasteiger partial charge in [-0.2, -0.15) is 9.36 Å². The highest BCUT2D eigenvalue weighted by Gasteiger charge is 2.53. The summed E-state index contributed by atoms with van der Waals surface area (Å²) in [5.41, 5.74) is 12.3. The Hall–Kier alpha value is -3.56. The number of aliphatic carboxylic acids is 1. The third-order valence-electron chi connectivity index (χ3n) is 5.25. The van der Waals surface area contributed by atoms with E-state index < -0.39 is 29.2 Å². The topological polar surface area (TPSA) is 193 Å². The molecule has 0 radical (unpaired) electrons. The summed E-state index contributed by atoms with van der Waals surface area (Å²) in [6.07, 6.45) is 3.58. The van der Waals surface area contributed by atoms with Crippen LogP contribution in [0.5, 0.6) is 0 Å². The lowest BCUT2D eigenvalue weighted by Crippen LogP contribution is -2.71. The van der Waals surface area contributed by atoms with E-state index in [1.807, 2.05) is 12.1 Å². The van der Waals surface area contributed by atoms with Crippen LogP contribution in [-0.2, 0) is 32.3 Å².